The summed E-state index contributed by atoms with van der Waals surface area (Å²) in [5.74, 6) is 1.64. The van der Waals surface area contributed by atoms with Gasteiger partial charge in [0.2, 0.25) is 12.7 Å². The third-order valence-corrected chi connectivity index (χ3v) is 5.08. The molecule has 2 N–H and O–H groups in total. The molecule has 8 heteroatoms. The summed E-state index contributed by atoms with van der Waals surface area (Å²) in [6.45, 7) is 2.25. The average Bonchev–Trinajstić information content (AvgIpc) is 3.18. The van der Waals surface area contributed by atoms with Crippen LogP contribution in [0.5, 0.6) is 17.2 Å². The van der Waals surface area contributed by atoms with E-state index in [-0.39, 0.29) is 24.1 Å². The molecule has 0 fully saturated rings. The van der Waals surface area contributed by atoms with Crippen molar-refractivity contribution in [2.45, 2.75) is 32.1 Å². The smallest absolute Gasteiger partial charge is 0.231 e. The van der Waals surface area contributed by atoms with E-state index in [1.165, 1.54) is 17.7 Å². The third-order valence-electron chi connectivity index (χ3n) is 5.08. The molecule has 0 spiro atoms. The highest BCUT2D eigenvalue weighted by Crippen LogP contribution is 2.34. The van der Waals surface area contributed by atoms with E-state index in [1.54, 1.807) is 0 Å². The van der Waals surface area contributed by atoms with Crippen LogP contribution in [0.15, 0.2) is 30.3 Å². The fourth-order valence-electron chi connectivity index (χ4n) is 3.57. The first-order valence-electron chi connectivity index (χ1n) is 10.0. The van der Waals surface area contributed by atoms with Crippen LogP contribution in [0.1, 0.15) is 30.4 Å². The predicted octanol–water partition coefficient (Wildman–Crippen LogP) is 3.85. The maximum absolute atomic E-state index is 13.8. The molecule has 0 saturated carbocycles. The zero-order valence-electron chi connectivity index (χ0n) is 16.7. The summed E-state index contributed by atoms with van der Waals surface area (Å²) in [6.07, 6.45) is 4.02. The van der Waals surface area contributed by atoms with Crippen molar-refractivity contribution >= 4 is 24.0 Å². The zero-order chi connectivity index (χ0) is 20.1. The summed E-state index contributed by atoms with van der Waals surface area (Å²) >= 11 is 0. The van der Waals surface area contributed by atoms with Crippen LogP contribution in [0.25, 0.3) is 0 Å². The highest BCUT2D eigenvalue weighted by atomic mass is 35.5. The van der Waals surface area contributed by atoms with Gasteiger partial charge in [-0.2, -0.15) is 0 Å². The fraction of sp³-hybridized carbons (Fsp3) is 0.409. The number of carbonyl (C=O) groups is 1. The maximum atomic E-state index is 13.8. The highest BCUT2D eigenvalue weighted by Gasteiger charge is 2.20. The van der Waals surface area contributed by atoms with Gasteiger partial charge in [0.15, 0.2) is 11.5 Å². The Bertz CT molecular complexity index is 894. The van der Waals surface area contributed by atoms with Crippen LogP contribution < -0.4 is 24.8 Å². The number of carbonyl (C=O) groups excluding carboxylic acids is 1. The Labute approximate surface area is 181 Å². The van der Waals surface area contributed by atoms with Crippen LogP contribution in [0, 0.1) is 5.82 Å². The number of aryl methyl sites for hydroxylation is 2. The number of hydrogen-bond acceptors (Lipinski definition) is 5. The minimum absolute atomic E-state index is 0. The van der Waals surface area contributed by atoms with Crippen molar-refractivity contribution in [3.8, 4) is 17.2 Å². The van der Waals surface area contributed by atoms with Crippen molar-refractivity contribution in [2.75, 3.05) is 31.8 Å². The fourth-order valence-corrected chi connectivity index (χ4v) is 3.57. The second-order valence-electron chi connectivity index (χ2n) is 7.23. The predicted molar refractivity (Wildman–Crippen MR) is 114 cm³/mol. The molecule has 0 atom stereocenters. The summed E-state index contributed by atoms with van der Waals surface area (Å²) in [4.78, 5) is 11.6. The molecule has 0 aromatic heterocycles. The summed E-state index contributed by atoms with van der Waals surface area (Å²) in [7, 11) is 0. The number of fused-ring (bicyclic) bond motifs is 2. The van der Waals surface area contributed by atoms with E-state index < -0.39 is 0 Å². The van der Waals surface area contributed by atoms with Gasteiger partial charge in [-0.1, -0.05) is 6.07 Å². The van der Waals surface area contributed by atoms with E-state index in [0.29, 0.717) is 44.2 Å². The molecule has 2 aliphatic heterocycles. The number of rotatable bonds is 9. The lowest BCUT2D eigenvalue weighted by Gasteiger charge is -2.20. The summed E-state index contributed by atoms with van der Waals surface area (Å²) in [5.41, 5.74) is 2.64. The number of anilines is 1. The standard InChI is InChI=1S/C22H25FN2O4.ClH/c23-17-12-16-5-7-21(26)25-22(16)20(13-17)27-10-9-24-8-2-1-3-15-4-6-18-19(11-15)29-14-28-18;/h4,6,11-13,24H,1-3,5,7-10,14H2,(H,25,26);1H. The van der Waals surface area contributed by atoms with Crippen LogP contribution in [-0.4, -0.2) is 32.4 Å². The minimum atomic E-state index is -0.341. The van der Waals surface area contributed by atoms with E-state index in [2.05, 4.69) is 16.7 Å². The first-order chi connectivity index (χ1) is 14.2. The van der Waals surface area contributed by atoms with Crippen molar-refractivity contribution in [1.82, 2.24) is 5.32 Å². The molecule has 2 heterocycles. The minimum Gasteiger partial charge on any atom is -0.490 e. The van der Waals surface area contributed by atoms with Gasteiger partial charge in [-0.15, -0.1) is 12.4 Å². The largest absolute Gasteiger partial charge is 0.490 e. The lowest BCUT2D eigenvalue weighted by molar-refractivity contribution is -0.116. The molecule has 30 heavy (non-hydrogen) atoms. The Morgan fingerprint density at radius 3 is 2.83 bits per heavy atom. The van der Waals surface area contributed by atoms with Gasteiger partial charge in [0.1, 0.15) is 18.2 Å². The van der Waals surface area contributed by atoms with Crippen LogP contribution in [-0.2, 0) is 17.6 Å². The van der Waals surface area contributed by atoms with Gasteiger partial charge < -0.3 is 24.8 Å². The number of halogens is 2. The average molecular weight is 437 g/mol. The second kappa shape index (κ2) is 10.5. The molecular weight excluding hydrogens is 411 g/mol. The van der Waals surface area contributed by atoms with Crippen molar-refractivity contribution in [3.63, 3.8) is 0 Å². The lowest BCUT2D eigenvalue weighted by Crippen LogP contribution is -2.24. The van der Waals surface area contributed by atoms with Gasteiger partial charge in [0.05, 0.1) is 5.69 Å². The number of nitrogens with one attached hydrogen (secondary N) is 2. The Morgan fingerprint density at radius 2 is 1.93 bits per heavy atom. The highest BCUT2D eigenvalue weighted by molar-refractivity contribution is 5.95. The topological polar surface area (TPSA) is 68.8 Å². The summed E-state index contributed by atoms with van der Waals surface area (Å²) in [5, 5.41) is 6.12. The molecule has 162 valence electrons. The normalized spacial score (nSPS) is 14.0. The Morgan fingerprint density at radius 1 is 1.07 bits per heavy atom. The van der Waals surface area contributed by atoms with E-state index in [1.807, 2.05) is 12.1 Å². The van der Waals surface area contributed by atoms with Gasteiger partial charge in [-0.25, -0.2) is 4.39 Å². The van der Waals surface area contributed by atoms with Crippen molar-refractivity contribution < 1.29 is 23.4 Å². The third kappa shape index (κ3) is 5.55. The molecular formula is C22H26ClFN2O4. The van der Waals surface area contributed by atoms with Crippen LogP contribution in [0.2, 0.25) is 0 Å². The Hall–Kier alpha value is -2.51. The number of benzene rings is 2. The quantitative estimate of drug-likeness (QED) is 0.584. The maximum Gasteiger partial charge on any atom is 0.231 e. The van der Waals surface area contributed by atoms with Gasteiger partial charge in [0, 0.05) is 19.0 Å². The van der Waals surface area contributed by atoms with Crippen LogP contribution in [0.4, 0.5) is 10.1 Å². The summed E-state index contributed by atoms with van der Waals surface area (Å²) in [6, 6.07) is 8.87. The molecule has 6 nitrogen and oxygen atoms in total. The van der Waals surface area contributed by atoms with E-state index in [9.17, 15) is 9.18 Å². The first-order valence-corrected chi connectivity index (χ1v) is 10.0. The lowest BCUT2D eigenvalue weighted by atomic mass is 10.0. The zero-order valence-corrected chi connectivity index (χ0v) is 17.5. The monoisotopic (exact) mass is 436 g/mol. The molecule has 4 rings (SSSR count). The van der Waals surface area contributed by atoms with Gasteiger partial charge in [0.25, 0.3) is 0 Å². The second-order valence-corrected chi connectivity index (χ2v) is 7.23. The molecule has 2 aromatic rings. The summed E-state index contributed by atoms with van der Waals surface area (Å²) < 4.78 is 30.2. The van der Waals surface area contributed by atoms with Crippen molar-refractivity contribution in [3.05, 3.63) is 47.3 Å². The van der Waals surface area contributed by atoms with Gasteiger partial charge in [-0.05, 0) is 61.6 Å². The molecule has 0 aliphatic carbocycles. The Kier molecular flexibility index (Phi) is 7.76. The van der Waals surface area contributed by atoms with Gasteiger partial charge >= 0.3 is 0 Å². The molecule has 2 aliphatic rings. The van der Waals surface area contributed by atoms with Gasteiger partial charge in [-0.3, -0.25) is 4.79 Å². The molecule has 0 unspecified atom stereocenters. The first kappa shape index (κ1) is 22.2. The Balaban J connectivity index is 0.00000256. The van der Waals surface area contributed by atoms with E-state index in [0.717, 1.165) is 42.9 Å². The SMILES string of the molecule is Cl.O=C1CCc2cc(F)cc(OCCNCCCCc3ccc4c(c3)OCO4)c2N1. The van der Waals surface area contributed by atoms with Crippen LogP contribution in [0.3, 0.4) is 0 Å². The number of unbranched alkanes of at least 4 members (excludes halogenated alkanes) is 1. The molecule has 2 aromatic carbocycles. The van der Waals surface area contributed by atoms with Crippen LogP contribution >= 0.6 is 12.4 Å². The van der Waals surface area contributed by atoms with Crippen molar-refractivity contribution in [2.24, 2.45) is 0 Å². The van der Waals surface area contributed by atoms with Crippen molar-refractivity contribution in [1.29, 1.82) is 0 Å². The molecule has 0 radical (unpaired) electrons. The number of hydrogen-bond donors (Lipinski definition) is 2. The molecule has 1 amide bonds. The molecule has 0 bridgehead atoms. The molecule has 0 saturated heterocycles. The van der Waals surface area contributed by atoms with E-state index >= 15 is 0 Å². The number of amides is 1. The number of ether oxygens (including phenoxy) is 3. The van der Waals surface area contributed by atoms with E-state index in [4.69, 9.17) is 14.2 Å².